The number of hydrogen-bond acceptors (Lipinski definition) is 1. The Kier molecular flexibility index (Phi) is 5.57. The Morgan fingerprint density at radius 2 is 2.00 bits per heavy atom. The lowest BCUT2D eigenvalue weighted by molar-refractivity contribution is -0.130. The van der Waals surface area contributed by atoms with Gasteiger partial charge in [0.1, 0.15) is 5.88 Å². The number of carbonyl (C=O) groups excluding carboxylic acids is 1. The van der Waals surface area contributed by atoms with Crippen molar-refractivity contribution in [2.45, 2.75) is 26.4 Å². The van der Waals surface area contributed by atoms with Crippen LogP contribution in [-0.4, -0.2) is 22.7 Å². The second-order valence-electron chi connectivity index (χ2n) is 3.98. The molecule has 94 valence electrons. The molecule has 0 aromatic heterocycles. The topological polar surface area (TPSA) is 20.3 Å². The largest absolute Gasteiger partial charge is 0.335 e. The van der Waals surface area contributed by atoms with Crippen LogP contribution in [0.3, 0.4) is 0 Å². The monoisotopic (exact) mass is 293 g/mol. The van der Waals surface area contributed by atoms with Crippen LogP contribution >= 0.6 is 34.8 Å². The highest BCUT2D eigenvalue weighted by atomic mass is 35.5. The van der Waals surface area contributed by atoms with Gasteiger partial charge in [-0.25, -0.2) is 0 Å². The van der Waals surface area contributed by atoms with Gasteiger partial charge in [-0.2, -0.15) is 0 Å². The molecule has 0 N–H and O–H groups in total. The minimum atomic E-state index is -0.113. The zero-order valence-electron chi connectivity index (χ0n) is 9.71. The summed E-state index contributed by atoms with van der Waals surface area (Å²) in [4.78, 5) is 13.3. The van der Waals surface area contributed by atoms with E-state index in [0.29, 0.717) is 16.6 Å². The molecular formula is C12H14Cl3NO. The fourth-order valence-electron chi connectivity index (χ4n) is 1.48. The van der Waals surface area contributed by atoms with Gasteiger partial charge in [-0.1, -0.05) is 23.2 Å². The molecule has 0 saturated carbocycles. The molecule has 0 unspecified atom stereocenters. The van der Waals surface area contributed by atoms with E-state index in [1.165, 1.54) is 0 Å². The van der Waals surface area contributed by atoms with Crippen LogP contribution in [-0.2, 0) is 11.3 Å². The highest BCUT2D eigenvalue weighted by Crippen LogP contribution is 2.22. The molecule has 0 aliphatic rings. The van der Waals surface area contributed by atoms with Gasteiger partial charge in [0.05, 0.1) is 0 Å². The first kappa shape index (κ1) is 14.6. The van der Waals surface area contributed by atoms with E-state index in [9.17, 15) is 4.79 Å². The van der Waals surface area contributed by atoms with Gasteiger partial charge in [-0.3, -0.25) is 4.79 Å². The molecule has 1 rings (SSSR count). The standard InChI is InChI=1S/C12H14Cl3NO/c1-8(2)16(12(17)6-13)7-9-5-10(14)3-4-11(9)15/h3-5,8H,6-7H2,1-2H3. The van der Waals surface area contributed by atoms with E-state index in [2.05, 4.69) is 0 Å². The van der Waals surface area contributed by atoms with Gasteiger partial charge in [0.15, 0.2) is 0 Å². The molecule has 0 spiro atoms. The van der Waals surface area contributed by atoms with Crippen LogP contribution in [0.1, 0.15) is 19.4 Å². The summed E-state index contributed by atoms with van der Waals surface area (Å²) in [5.74, 6) is -0.145. The van der Waals surface area contributed by atoms with Crippen LogP contribution in [0.25, 0.3) is 0 Å². The predicted molar refractivity (Wildman–Crippen MR) is 72.9 cm³/mol. The first-order valence-corrected chi connectivity index (χ1v) is 6.54. The number of halogens is 3. The fourth-order valence-corrected chi connectivity index (χ4v) is 2.01. The summed E-state index contributed by atoms with van der Waals surface area (Å²) < 4.78 is 0. The normalized spacial score (nSPS) is 10.7. The lowest BCUT2D eigenvalue weighted by atomic mass is 10.2. The third kappa shape index (κ3) is 4.06. The number of carbonyl (C=O) groups is 1. The van der Waals surface area contributed by atoms with Gasteiger partial charge in [0, 0.05) is 22.6 Å². The summed E-state index contributed by atoms with van der Waals surface area (Å²) in [7, 11) is 0. The van der Waals surface area contributed by atoms with E-state index >= 15 is 0 Å². The minimum Gasteiger partial charge on any atom is -0.335 e. The molecular weight excluding hydrogens is 280 g/mol. The van der Waals surface area contributed by atoms with Crippen molar-refractivity contribution in [2.75, 3.05) is 5.88 Å². The van der Waals surface area contributed by atoms with E-state index in [4.69, 9.17) is 34.8 Å². The third-order valence-electron chi connectivity index (χ3n) is 2.41. The zero-order valence-corrected chi connectivity index (χ0v) is 12.0. The third-order valence-corrected chi connectivity index (χ3v) is 3.24. The van der Waals surface area contributed by atoms with Crippen molar-refractivity contribution >= 4 is 40.7 Å². The van der Waals surface area contributed by atoms with E-state index < -0.39 is 0 Å². The Morgan fingerprint density at radius 3 is 2.53 bits per heavy atom. The number of nitrogens with zero attached hydrogens (tertiary/aromatic N) is 1. The number of alkyl halides is 1. The summed E-state index contributed by atoms with van der Waals surface area (Å²) in [5, 5.41) is 1.20. The molecule has 0 aliphatic carbocycles. The molecule has 0 atom stereocenters. The second kappa shape index (κ2) is 6.48. The van der Waals surface area contributed by atoms with E-state index in [1.807, 2.05) is 13.8 Å². The number of rotatable bonds is 4. The molecule has 1 aromatic rings. The molecule has 0 fully saturated rings. The first-order chi connectivity index (χ1) is 7.95. The molecule has 17 heavy (non-hydrogen) atoms. The van der Waals surface area contributed by atoms with E-state index in [-0.39, 0.29) is 17.8 Å². The minimum absolute atomic E-state index is 0.0314. The summed E-state index contributed by atoms with van der Waals surface area (Å²) in [5.41, 5.74) is 0.825. The van der Waals surface area contributed by atoms with Crippen LogP contribution in [0.2, 0.25) is 10.0 Å². The molecule has 0 saturated heterocycles. The van der Waals surface area contributed by atoms with E-state index in [0.717, 1.165) is 5.56 Å². The molecule has 0 heterocycles. The molecule has 0 radical (unpaired) electrons. The molecule has 0 aliphatic heterocycles. The fraction of sp³-hybridized carbons (Fsp3) is 0.417. The van der Waals surface area contributed by atoms with Crippen LogP contribution in [0.15, 0.2) is 18.2 Å². The second-order valence-corrected chi connectivity index (χ2v) is 5.10. The smallest absolute Gasteiger partial charge is 0.238 e. The van der Waals surface area contributed by atoms with Crippen LogP contribution in [0.4, 0.5) is 0 Å². The van der Waals surface area contributed by atoms with Gasteiger partial charge >= 0.3 is 0 Å². The lowest BCUT2D eigenvalue weighted by Crippen LogP contribution is -2.37. The summed E-state index contributed by atoms with van der Waals surface area (Å²) in [6.07, 6.45) is 0. The number of amides is 1. The van der Waals surface area contributed by atoms with Crippen LogP contribution in [0, 0.1) is 0 Å². The van der Waals surface area contributed by atoms with Gasteiger partial charge in [-0.05, 0) is 37.6 Å². The lowest BCUT2D eigenvalue weighted by Gasteiger charge is -2.26. The van der Waals surface area contributed by atoms with Crippen molar-refractivity contribution in [3.8, 4) is 0 Å². The Balaban J connectivity index is 2.93. The molecule has 5 heteroatoms. The van der Waals surface area contributed by atoms with Crippen LogP contribution in [0.5, 0.6) is 0 Å². The number of hydrogen-bond donors (Lipinski definition) is 0. The van der Waals surface area contributed by atoms with Crippen molar-refractivity contribution in [1.29, 1.82) is 0 Å². The highest BCUT2D eigenvalue weighted by molar-refractivity contribution is 6.33. The first-order valence-electron chi connectivity index (χ1n) is 5.25. The molecule has 1 aromatic carbocycles. The summed E-state index contributed by atoms with van der Waals surface area (Å²) >= 11 is 17.5. The quantitative estimate of drug-likeness (QED) is 0.770. The van der Waals surface area contributed by atoms with Crippen molar-refractivity contribution in [3.05, 3.63) is 33.8 Å². The van der Waals surface area contributed by atoms with Crippen molar-refractivity contribution in [3.63, 3.8) is 0 Å². The number of benzene rings is 1. The molecule has 0 bridgehead atoms. The van der Waals surface area contributed by atoms with Gasteiger partial charge in [0.25, 0.3) is 0 Å². The zero-order chi connectivity index (χ0) is 13.0. The maximum atomic E-state index is 11.7. The Labute approximate surface area is 116 Å². The Morgan fingerprint density at radius 1 is 1.35 bits per heavy atom. The average Bonchev–Trinajstić information content (AvgIpc) is 2.28. The maximum Gasteiger partial charge on any atom is 0.238 e. The van der Waals surface area contributed by atoms with Gasteiger partial charge in [0.2, 0.25) is 5.91 Å². The Bertz CT molecular complexity index is 407. The average molecular weight is 295 g/mol. The summed E-state index contributed by atoms with van der Waals surface area (Å²) in [6.45, 7) is 4.29. The van der Waals surface area contributed by atoms with Crippen molar-refractivity contribution < 1.29 is 4.79 Å². The maximum absolute atomic E-state index is 11.7. The highest BCUT2D eigenvalue weighted by Gasteiger charge is 2.17. The van der Waals surface area contributed by atoms with Crippen molar-refractivity contribution in [1.82, 2.24) is 4.90 Å². The Hall–Kier alpha value is -0.440. The van der Waals surface area contributed by atoms with Crippen LogP contribution < -0.4 is 0 Å². The van der Waals surface area contributed by atoms with E-state index in [1.54, 1.807) is 23.1 Å². The van der Waals surface area contributed by atoms with Gasteiger partial charge in [-0.15, -0.1) is 11.6 Å². The van der Waals surface area contributed by atoms with Crippen molar-refractivity contribution in [2.24, 2.45) is 0 Å². The predicted octanol–water partition coefficient (Wildman–Crippen LogP) is 3.97. The molecule has 1 amide bonds. The SMILES string of the molecule is CC(C)N(Cc1cc(Cl)ccc1Cl)C(=O)CCl. The van der Waals surface area contributed by atoms with Gasteiger partial charge < -0.3 is 4.90 Å². The molecule has 2 nitrogen and oxygen atoms in total. The summed E-state index contributed by atoms with van der Waals surface area (Å²) in [6, 6.07) is 5.27.